The zero-order valence-corrected chi connectivity index (χ0v) is 20.4. The smallest absolute Gasteiger partial charge is 0.433 e. The van der Waals surface area contributed by atoms with Crippen LogP contribution in [0.2, 0.25) is 0 Å². The third kappa shape index (κ3) is 6.95. The Morgan fingerprint density at radius 2 is 1.95 bits per heavy atom. The van der Waals surface area contributed by atoms with Gasteiger partial charge in [-0.1, -0.05) is 12.1 Å². The number of aliphatic hydroxyl groups excluding tert-OH is 1. The van der Waals surface area contributed by atoms with Crippen LogP contribution in [0, 0.1) is 5.82 Å². The van der Waals surface area contributed by atoms with Crippen LogP contribution >= 0.6 is 0 Å². The highest BCUT2D eigenvalue weighted by molar-refractivity contribution is 5.77. The standard InChI is InChI=1S/C24H25F6N5O4/c25-14-3-1-2-13(8-14)21-32-17-11-34(7-5-16(17)20(33-21)24(28,29)30)19(37)9-15(31-22(38)39)10-35-12-23(26,27)6-4-18(35)36/h1-3,8,15,19,31,37H,4-7,9-12H2,(H,38,39)/t15-,19?/m0/s1. The number of piperidine rings is 1. The lowest BCUT2D eigenvalue weighted by atomic mass is 10.00. The van der Waals surface area contributed by atoms with Crippen molar-refractivity contribution in [3.8, 4) is 11.4 Å². The molecule has 2 aliphatic heterocycles. The molecule has 0 spiro atoms. The molecule has 9 nitrogen and oxygen atoms in total. The third-order valence-electron chi connectivity index (χ3n) is 6.61. The maximum absolute atomic E-state index is 13.8. The summed E-state index contributed by atoms with van der Waals surface area (Å²) in [6, 6.07) is 3.62. The van der Waals surface area contributed by atoms with Crippen molar-refractivity contribution >= 4 is 12.0 Å². The van der Waals surface area contributed by atoms with Crippen LogP contribution in [0.3, 0.4) is 0 Å². The molecule has 15 heteroatoms. The fourth-order valence-electron chi connectivity index (χ4n) is 4.78. The lowest BCUT2D eigenvalue weighted by Crippen LogP contribution is -2.54. The van der Waals surface area contributed by atoms with Crippen molar-refractivity contribution in [2.24, 2.45) is 0 Å². The molecule has 0 aliphatic carbocycles. The summed E-state index contributed by atoms with van der Waals surface area (Å²) in [5.74, 6) is -4.76. The van der Waals surface area contributed by atoms with Gasteiger partial charge in [0.2, 0.25) is 5.91 Å². The van der Waals surface area contributed by atoms with Gasteiger partial charge in [0.05, 0.1) is 18.3 Å². The molecule has 1 fully saturated rings. The molecule has 212 valence electrons. The SMILES string of the molecule is O=C(O)N[C@@H](CC(O)N1CCc2c(nc(-c3cccc(F)c3)nc2C(F)(F)F)C1)CN1CC(F)(F)CCC1=O. The molecule has 2 aliphatic rings. The van der Waals surface area contributed by atoms with Crippen LogP contribution in [0.15, 0.2) is 24.3 Å². The van der Waals surface area contributed by atoms with Crippen LogP contribution in [0.5, 0.6) is 0 Å². The number of fused-ring (bicyclic) bond motifs is 1. The van der Waals surface area contributed by atoms with Crippen LogP contribution in [0.25, 0.3) is 11.4 Å². The van der Waals surface area contributed by atoms with Crippen molar-refractivity contribution in [3.63, 3.8) is 0 Å². The van der Waals surface area contributed by atoms with E-state index in [9.17, 15) is 46.1 Å². The fourth-order valence-corrected chi connectivity index (χ4v) is 4.78. The summed E-state index contributed by atoms with van der Waals surface area (Å²) in [4.78, 5) is 33.5. The Kier molecular flexibility index (Phi) is 8.02. The van der Waals surface area contributed by atoms with Crippen molar-refractivity contribution in [2.75, 3.05) is 19.6 Å². The molecule has 2 amide bonds. The molecule has 2 aromatic rings. The summed E-state index contributed by atoms with van der Waals surface area (Å²) >= 11 is 0. The Labute approximate surface area is 218 Å². The molecule has 1 saturated heterocycles. The summed E-state index contributed by atoms with van der Waals surface area (Å²) < 4.78 is 82.9. The zero-order valence-electron chi connectivity index (χ0n) is 20.4. The average Bonchev–Trinajstić information content (AvgIpc) is 2.84. The molecule has 1 aromatic heterocycles. The number of aliphatic hydroxyl groups is 1. The fraction of sp³-hybridized carbons (Fsp3) is 0.500. The summed E-state index contributed by atoms with van der Waals surface area (Å²) in [5.41, 5.74) is -1.37. The number of halogens is 6. The Balaban J connectivity index is 1.55. The summed E-state index contributed by atoms with van der Waals surface area (Å²) in [5, 5.41) is 22.2. The van der Waals surface area contributed by atoms with E-state index in [-0.39, 0.29) is 48.6 Å². The molecular formula is C24H25F6N5O4. The quantitative estimate of drug-likeness (QED) is 0.444. The van der Waals surface area contributed by atoms with Gasteiger partial charge in [0.1, 0.15) is 12.0 Å². The van der Waals surface area contributed by atoms with E-state index in [2.05, 4.69) is 15.3 Å². The average molecular weight is 561 g/mol. The van der Waals surface area contributed by atoms with Gasteiger partial charge in [-0.25, -0.2) is 27.9 Å². The number of carbonyl (C=O) groups excluding carboxylic acids is 1. The highest BCUT2D eigenvalue weighted by Gasteiger charge is 2.41. The zero-order chi connectivity index (χ0) is 28.5. The summed E-state index contributed by atoms with van der Waals surface area (Å²) in [7, 11) is 0. The van der Waals surface area contributed by atoms with E-state index in [1.54, 1.807) is 0 Å². The van der Waals surface area contributed by atoms with Crippen molar-refractivity contribution < 1.29 is 46.1 Å². The first-order valence-electron chi connectivity index (χ1n) is 12.0. The molecule has 3 N–H and O–H groups in total. The highest BCUT2D eigenvalue weighted by atomic mass is 19.4. The molecule has 0 radical (unpaired) electrons. The summed E-state index contributed by atoms with van der Waals surface area (Å²) in [6.45, 7) is -1.66. The predicted octanol–water partition coefficient (Wildman–Crippen LogP) is 3.26. The maximum atomic E-state index is 13.8. The van der Waals surface area contributed by atoms with Gasteiger partial charge in [-0.15, -0.1) is 0 Å². The number of amides is 2. The lowest BCUT2D eigenvalue weighted by molar-refractivity contribution is -0.148. The van der Waals surface area contributed by atoms with E-state index in [1.165, 1.54) is 17.0 Å². The normalized spacial score (nSPS) is 19.4. The topological polar surface area (TPSA) is 119 Å². The minimum atomic E-state index is -4.82. The molecule has 0 bridgehead atoms. The second kappa shape index (κ2) is 11.0. The molecule has 1 aromatic carbocycles. The van der Waals surface area contributed by atoms with E-state index in [0.717, 1.165) is 17.0 Å². The van der Waals surface area contributed by atoms with Gasteiger partial charge in [-0.2, -0.15) is 13.2 Å². The van der Waals surface area contributed by atoms with E-state index in [0.29, 0.717) is 0 Å². The maximum Gasteiger partial charge on any atom is 0.433 e. The van der Waals surface area contributed by atoms with Crippen LogP contribution < -0.4 is 5.32 Å². The Morgan fingerprint density at radius 3 is 2.62 bits per heavy atom. The Hall–Kier alpha value is -3.46. The second-order valence-electron chi connectivity index (χ2n) is 9.54. The number of aromatic nitrogens is 2. The van der Waals surface area contributed by atoms with E-state index < -0.39 is 73.8 Å². The predicted molar refractivity (Wildman–Crippen MR) is 123 cm³/mol. The van der Waals surface area contributed by atoms with E-state index in [1.807, 2.05) is 0 Å². The van der Waals surface area contributed by atoms with Gasteiger partial charge >= 0.3 is 12.3 Å². The van der Waals surface area contributed by atoms with Crippen LogP contribution in [0.1, 0.15) is 36.2 Å². The molecule has 3 heterocycles. The van der Waals surface area contributed by atoms with Crippen molar-refractivity contribution in [3.05, 3.63) is 47.0 Å². The monoisotopic (exact) mass is 561 g/mol. The number of benzene rings is 1. The number of carbonyl (C=O) groups is 2. The number of alkyl halides is 5. The van der Waals surface area contributed by atoms with Gasteiger partial charge in [0.25, 0.3) is 5.92 Å². The lowest BCUT2D eigenvalue weighted by Gasteiger charge is -2.37. The van der Waals surface area contributed by atoms with Gasteiger partial charge in [-0.3, -0.25) is 9.69 Å². The first kappa shape index (κ1) is 28.5. The molecular weight excluding hydrogens is 536 g/mol. The van der Waals surface area contributed by atoms with E-state index in [4.69, 9.17) is 0 Å². The van der Waals surface area contributed by atoms with Crippen LogP contribution in [0.4, 0.5) is 31.1 Å². The minimum absolute atomic E-state index is 0.0229. The third-order valence-corrected chi connectivity index (χ3v) is 6.61. The molecule has 0 saturated carbocycles. The minimum Gasteiger partial charge on any atom is -0.465 e. The van der Waals surface area contributed by atoms with Crippen molar-refractivity contribution in [2.45, 2.75) is 56.6 Å². The first-order valence-corrected chi connectivity index (χ1v) is 12.0. The first-order chi connectivity index (χ1) is 18.2. The largest absolute Gasteiger partial charge is 0.465 e. The van der Waals surface area contributed by atoms with E-state index >= 15 is 0 Å². The summed E-state index contributed by atoms with van der Waals surface area (Å²) in [6.07, 6.45) is -9.31. The van der Waals surface area contributed by atoms with Crippen LogP contribution in [-0.4, -0.2) is 79.8 Å². The van der Waals surface area contributed by atoms with Crippen molar-refractivity contribution in [1.29, 1.82) is 0 Å². The molecule has 4 rings (SSSR count). The number of hydrogen-bond acceptors (Lipinski definition) is 6. The van der Waals surface area contributed by atoms with Gasteiger partial charge in [0, 0.05) is 50.0 Å². The van der Waals surface area contributed by atoms with Gasteiger partial charge in [0.15, 0.2) is 11.5 Å². The van der Waals surface area contributed by atoms with Crippen molar-refractivity contribution in [1.82, 2.24) is 25.1 Å². The molecule has 1 unspecified atom stereocenters. The van der Waals surface area contributed by atoms with Gasteiger partial charge < -0.3 is 20.4 Å². The number of hydrogen-bond donors (Lipinski definition) is 3. The number of rotatable bonds is 7. The number of likely N-dealkylation sites (tertiary alicyclic amines) is 1. The second-order valence-corrected chi connectivity index (χ2v) is 9.54. The number of nitrogens with zero attached hydrogens (tertiary/aromatic N) is 4. The Bertz CT molecular complexity index is 1240. The van der Waals surface area contributed by atoms with Gasteiger partial charge in [-0.05, 0) is 18.6 Å². The van der Waals surface area contributed by atoms with Crippen LogP contribution in [-0.2, 0) is 23.9 Å². The molecule has 39 heavy (non-hydrogen) atoms. The molecule has 2 atom stereocenters. The highest BCUT2D eigenvalue weighted by Crippen LogP contribution is 2.36. The number of nitrogens with one attached hydrogen (secondary N) is 1. The number of carboxylic acid groups (broad SMARTS) is 1. The Morgan fingerprint density at radius 1 is 1.21 bits per heavy atom.